The minimum Gasteiger partial charge on any atom is -0.507 e. The van der Waals surface area contributed by atoms with E-state index in [1.165, 1.54) is 20.3 Å². The Hall–Kier alpha value is -1.13. The highest BCUT2D eigenvalue weighted by Crippen LogP contribution is 2.42. The van der Waals surface area contributed by atoms with E-state index in [4.69, 9.17) is 21.1 Å². The molecule has 0 bridgehead atoms. The normalized spacial score (nSPS) is 12.3. The molecule has 1 unspecified atom stereocenters. The van der Waals surface area contributed by atoms with E-state index in [-0.39, 0.29) is 17.2 Å². The van der Waals surface area contributed by atoms with Crippen molar-refractivity contribution in [2.24, 2.45) is 0 Å². The molecule has 5 heteroatoms. The largest absolute Gasteiger partial charge is 0.507 e. The van der Waals surface area contributed by atoms with Gasteiger partial charge in [0.25, 0.3) is 0 Å². The second kappa shape index (κ2) is 5.27. The van der Waals surface area contributed by atoms with Gasteiger partial charge in [-0.25, -0.2) is 0 Å². The number of ether oxygens (including phenoxy) is 2. The highest BCUT2D eigenvalue weighted by atomic mass is 35.5. The summed E-state index contributed by atoms with van der Waals surface area (Å²) in [6.45, 7) is 1.62. The van der Waals surface area contributed by atoms with Crippen LogP contribution in [0.15, 0.2) is 6.07 Å². The van der Waals surface area contributed by atoms with E-state index < -0.39 is 6.10 Å². The van der Waals surface area contributed by atoms with Crippen molar-refractivity contribution in [3.05, 3.63) is 16.7 Å². The Bertz CT molecular complexity index is 377. The first kappa shape index (κ1) is 12.9. The summed E-state index contributed by atoms with van der Waals surface area (Å²) in [5.74, 6) is 0.709. The number of hydrogen-bond acceptors (Lipinski definition) is 4. The van der Waals surface area contributed by atoms with Crippen molar-refractivity contribution in [3.63, 3.8) is 0 Å². The van der Waals surface area contributed by atoms with Crippen molar-refractivity contribution in [2.75, 3.05) is 14.2 Å². The third kappa shape index (κ3) is 2.51. The summed E-state index contributed by atoms with van der Waals surface area (Å²) in [6.07, 6.45) is -0.341. The Balaban J connectivity index is 3.29. The molecule has 0 saturated heterocycles. The molecular weight excluding hydrogens is 232 g/mol. The van der Waals surface area contributed by atoms with E-state index in [2.05, 4.69) is 0 Å². The molecule has 0 heterocycles. The summed E-state index contributed by atoms with van der Waals surface area (Å²) in [7, 11) is 2.93. The van der Waals surface area contributed by atoms with Crippen LogP contribution in [0.4, 0.5) is 0 Å². The Morgan fingerprint density at radius 3 is 2.44 bits per heavy atom. The van der Waals surface area contributed by atoms with Gasteiger partial charge in [-0.1, -0.05) is 11.6 Å². The molecule has 0 saturated carbocycles. The molecule has 0 radical (unpaired) electrons. The lowest BCUT2D eigenvalue weighted by Crippen LogP contribution is -2.06. The number of aliphatic hydroxyl groups is 1. The van der Waals surface area contributed by atoms with E-state index in [0.717, 1.165) is 0 Å². The van der Waals surface area contributed by atoms with Gasteiger partial charge in [0, 0.05) is 18.1 Å². The monoisotopic (exact) mass is 246 g/mol. The average molecular weight is 247 g/mol. The van der Waals surface area contributed by atoms with Gasteiger partial charge < -0.3 is 19.7 Å². The first-order chi connectivity index (χ1) is 7.51. The molecule has 4 nitrogen and oxygen atoms in total. The fraction of sp³-hybridized carbons (Fsp3) is 0.455. The van der Waals surface area contributed by atoms with Gasteiger partial charge in [-0.3, -0.25) is 0 Å². The lowest BCUT2D eigenvalue weighted by atomic mass is 10.1. The maximum Gasteiger partial charge on any atom is 0.179 e. The first-order valence-corrected chi connectivity index (χ1v) is 5.19. The number of methoxy groups -OCH3 is 2. The quantitative estimate of drug-likeness (QED) is 0.853. The second-order valence-electron chi connectivity index (χ2n) is 3.48. The lowest BCUT2D eigenvalue weighted by molar-refractivity contribution is 0.194. The zero-order valence-electron chi connectivity index (χ0n) is 9.45. The Morgan fingerprint density at radius 2 is 2.00 bits per heavy atom. The number of phenols is 1. The topological polar surface area (TPSA) is 58.9 Å². The minimum absolute atomic E-state index is 0.0106. The number of hydrogen-bond donors (Lipinski definition) is 2. The molecule has 1 aromatic rings. The number of rotatable bonds is 4. The van der Waals surface area contributed by atoms with Gasteiger partial charge in [0.15, 0.2) is 11.5 Å². The van der Waals surface area contributed by atoms with Gasteiger partial charge in [0.2, 0.25) is 0 Å². The molecule has 90 valence electrons. The van der Waals surface area contributed by atoms with E-state index in [9.17, 15) is 10.2 Å². The molecule has 1 rings (SSSR count). The lowest BCUT2D eigenvalue weighted by Gasteiger charge is -2.15. The molecule has 0 fully saturated rings. The van der Waals surface area contributed by atoms with Crippen LogP contribution in [0.3, 0.4) is 0 Å². The molecule has 0 aliphatic heterocycles. The zero-order chi connectivity index (χ0) is 12.3. The minimum atomic E-state index is -0.596. The Morgan fingerprint density at radius 1 is 1.38 bits per heavy atom. The molecule has 0 spiro atoms. The first-order valence-electron chi connectivity index (χ1n) is 4.81. The van der Waals surface area contributed by atoms with E-state index in [1.54, 1.807) is 6.92 Å². The van der Waals surface area contributed by atoms with Gasteiger partial charge >= 0.3 is 0 Å². The number of halogens is 1. The number of aromatic hydroxyl groups is 1. The van der Waals surface area contributed by atoms with Gasteiger partial charge in [-0.2, -0.15) is 0 Å². The number of benzene rings is 1. The number of aliphatic hydroxyl groups excluding tert-OH is 1. The van der Waals surface area contributed by atoms with Crippen LogP contribution in [0.2, 0.25) is 5.02 Å². The van der Waals surface area contributed by atoms with Crippen molar-refractivity contribution < 1.29 is 19.7 Å². The van der Waals surface area contributed by atoms with Crippen LogP contribution < -0.4 is 9.47 Å². The fourth-order valence-corrected chi connectivity index (χ4v) is 1.81. The predicted octanol–water partition coefficient (Wildman–Crippen LogP) is 1.99. The van der Waals surface area contributed by atoms with Gasteiger partial charge in [0.05, 0.1) is 25.3 Å². The predicted molar refractivity (Wildman–Crippen MR) is 61.6 cm³/mol. The van der Waals surface area contributed by atoms with Gasteiger partial charge in [0.1, 0.15) is 5.75 Å². The summed E-state index contributed by atoms with van der Waals surface area (Å²) in [5.41, 5.74) is 0.453. The molecule has 1 atom stereocenters. The maximum atomic E-state index is 9.74. The van der Waals surface area contributed by atoms with Crippen molar-refractivity contribution in [1.29, 1.82) is 0 Å². The summed E-state index contributed by atoms with van der Waals surface area (Å²) in [4.78, 5) is 0. The summed E-state index contributed by atoms with van der Waals surface area (Å²) in [6, 6.07) is 1.42. The summed E-state index contributed by atoms with van der Waals surface area (Å²) >= 11 is 6.07. The van der Waals surface area contributed by atoms with E-state index in [1.807, 2.05) is 0 Å². The molecule has 0 amide bonds. The highest BCUT2D eigenvalue weighted by Gasteiger charge is 2.18. The molecule has 0 aromatic heterocycles. The second-order valence-corrected chi connectivity index (χ2v) is 3.85. The third-order valence-electron chi connectivity index (χ3n) is 2.19. The van der Waals surface area contributed by atoms with Crippen molar-refractivity contribution in [2.45, 2.75) is 19.4 Å². The third-order valence-corrected chi connectivity index (χ3v) is 2.59. The van der Waals surface area contributed by atoms with Crippen LogP contribution in [0, 0.1) is 0 Å². The summed E-state index contributed by atoms with van der Waals surface area (Å²) in [5, 5.41) is 19.3. The SMILES string of the molecule is COc1cc(O)c(CC(C)O)c(Cl)c1OC. The van der Waals surface area contributed by atoms with Crippen LogP contribution in [0.5, 0.6) is 17.2 Å². The fourth-order valence-electron chi connectivity index (χ4n) is 1.47. The van der Waals surface area contributed by atoms with Gasteiger partial charge in [-0.15, -0.1) is 0 Å². The van der Waals surface area contributed by atoms with Crippen molar-refractivity contribution in [3.8, 4) is 17.2 Å². The highest BCUT2D eigenvalue weighted by molar-refractivity contribution is 6.33. The van der Waals surface area contributed by atoms with Crippen LogP contribution in [-0.4, -0.2) is 30.5 Å². The smallest absolute Gasteiger partial charge is 0.179 e. The van der Waals surface area contributed by atoms with Crippen LogP contribution >= 0.6 is 11.6 Å². The molecule has 2 N–H and O–H groups in total. The van der Waals surface area contributed by atoms with E-state index in [0.29, 0.717) is 17.1 Å². The standard InChI is InChI=1S/C11H15ClO4/c1-6(13)4-7-8(14)5-9(15-2)11(16-3)10(7)12/h5-6,13-14H,4H2,1-3H3. The molecule has 0 aliphatic rings. The molecule has 1 aromatic carbocycles. The van der Waals surface area contributed by atoms with Crippen molar-refractivity contribution >= 4 is 11.6 Å². The van der Waals surface area contributed by atoms with Gasteiger partial charge in [-0.05, 0) is 6.92 Å². The molecule has 16 heavy (non-hydrogen) atoms. The average Bonchev–Trinajstić information content (AvgIpc) is 2.23. The molecular formula is C11H15ClO4. The Kier molecular flexibility index (Phi) is 4.26. The van der Waals surface area contributed by atoms with E-state index >= 15 is 0 Å². The summed E-state index contributed by atoms with van der Waals surface area (Å²) < 4.78 is 10.1. The van der Waals surface area contributed by atoms with Crippen LogP contribution in [0.25, 0.3) is 0 Å². The maximum absolute atomic E-state index is 9.74. The zero-order valence-corrected chi connectivity index (χ0v) is 10.2. The van der Waals surface area contributed by atoms with Crippen molar-refractivity contribution in [1.82, 2.24) is 0 Å². The molecule has 0 aliphatic carbocycles. The number of phenolic OH excluding ortho intramolecular Hbond substituents is 1. The Labute approximate surface area is 99.4 Å². The van der Waals surface area contributed by atoms with Crippen LogP contribution in [-0.2, 0) is 6.42 Å². The van der Waals surface area contributed by atoms with Crippen LogP contribution in [0.1, 0.15) is 12.5 Å².